The molecule has 0 spiro atoms. The van der Waals surface area contributed by atoms with Crippen LogP contribution in [0.1, 0.15) is 32.0 Å². The summed E-state index contributed by atoms with van der Waals surface area (Å²) in [6.07, 6.45) is 1.80. The Labute approximate surface area is 225 Å². The van der Waals surface area contributed by atoms with Crippen LogP contribution in [0.5, 0.6) is 0 Å². The van der Waals surface area contributed by atoms with Crippen molar-refractivity contribution in [2.45, 2.75) is 19.5 Å². The number of carbonyl (C=O) groups excluding carboxylic acids is 3. The van der Waals surface area contributed by atoms with Gasteiger partial charge < -0.3 is 29.4 Å². The molecule has 0 aliphatic rings. The Morgan fingerprint density at radius 3 is 2.28 bits per heavy atom. The van der Waals surface area contributed by atoms with E-state index >= 15 is 0 Å². The zero-order valence-corrected chi connectivity index (χ0v) is 22.0. The van der Waals surface area contributed by atoms with Crippen molar-refractivity contribution in [3.8, 4) is 0 Å². The molecule has 1 amide bonds. The van der Waals surface area contributed by atoms with Crippen LogP contribution in [0.4, 0.5) is 11.4 Å². The minimum atomic E-state index is -0.598. The quantitative estimate of drug-likeness (QED) is 0.279. The number of fused-ring (bicyclic) bond motifs is 1. The molecule has 202 valence electrons. The van der Waals surface area contributed by atoms with Crippen LogP contribution in [0, 0.1) is 0 Å². The largest absolute Gasteiger partial charge is 0.465 e. The molecule has 0 saturated carbocycles. The lowest BCUT2D eigenvalue weighted by Gasteiger charge is -2.10. The number of hydrogen-bond acceptors (Lipinski definition) is 8. The number of rotatable bonds is 11. The monoisotopic (exact) mass is 530 g/mol. The number of nitrogens with zero attached hydrogens (tertiary/aromatic N) is 2. The van der Waals surface area contributed by atoms with Crippen molar-refractivity contribution >= 4 is 40.3 Å². The summed E-state index contributed by atoms with van der Waals surface area (Å²) >= 11 is 0. The smallest absolute Gasteiger partial charge is 0.356 e. The molecular formula is C29H30N4O6. The average Bonchev–Trinajstić information content (AvgIpc) is 3.26. The van der Waals surface area contributed by atoms with Crippen molar-refractivity contribution in [3.63, 3.8) is 0 Å². The van der Waals surface area contributed by atoms with Crippen LogP contribution in [-0.4, -0.2) is 55.3 Å². The maximum atomic E-state index is 13.0. The van der Waals surface area contributed by atoms with E-state index in [0.717, 1.165) is 11.1 Å². The first-order valence-electron chi connectivity index (χ1n) is 12.3. The van der Waals surface area contributed by atoms with Crippen molar-refractivity contribution in [1.82, 2.24) is 9.55 Å². The highest BCUT2D eigenvalue weighted by Crippen LogP contribution is 2.33. The number of ether oxygens (including phenoxy) is 3. The molecule has 4 aromatic rings. The lowest BCUT2D eigenvalue weighted by Crippen LogP contribution is -2.19. The van der Waals surface area contributed by atoms with Crippen molar-refractivity contribution in [3.05, 3.63) is 89.2 Å². The minimum Gasteiger partial charge on any atom is -0.465 e. The van der Waals surface area contributed by atoms with Crippen LogP contribution < -0.4 is 10.6 Å². The number of carbonyl (C=O) groups is 3. The number of esters is 2. The Balaban J connectivity index is 1.67. The number of benzene rings is 2. The Hall–Kier alpha value is -4.70. The predicted molar refractivity (Wildman–Crippen MR) is 147 cm³/mol. The fourth-order valence-electron chi connectivity index (χ4n) is 4.20. The number of anilines is 2. The number of methoxy groups -OCH3 is 3. The SMILES string of the molecule is COCCn1c(C(=O)OC)c(NC(=O)Cc2ccccc2)c2cc(NCc3ccc(C(=O)OC)cc3)cnc21. The number of pyridine rings is 1. The predicted octanol–water partition coefficient (Wildman–Crippen LogP) is 4.05. The van der Waals surface area contributed by atoms with Crippen molar-refractivity contribution in [2.24, 2.45) is 0 Å². The molecular weight excluding hydrogens is 500 g/mol. The van der Waals surface area contributed by atoms with E-state index in [1.807, 2.05) is 48.5 Å². The molecule has 2 N–H and O–H groups in total. The summed E-state index contributed by atoms with van der Waals surface area (Å²) in [5, 5.41) is 6.82. The highest BCUT2D eigenvalue weighted by atomic mass is 16.5. The summed E-state index contributed by atoms with van der Waals surface area (Å²) in [6.45, 7) is 1.12. The van der Waals surface area contributed by atoms with Crippen LogP contribution in [0.2, 0.25) is 0 Å². The molecule has 2 heterocycles. The zero-order chi connectivity index (χ0) is 27.8. The van der Waals surface area contributed by atoms with Gasteiger partial charge in [-0.25, -0.2) is 14.6 Å². The van der Waals surface area contributed by atoms with Crippen LogP contribution >= 0.6 is 0 Å². The van der Waals surface area contributed by atoms with Gasteiger partial charge in [-0.1, -0.05) is 42.5 Å². The molecule has 0 fully saturated rings. The van der Waals surface area contributed by atoms with Gasteiger partial charge in [0.2, 0.25) is 5.91 Å². The maximum Gasteiger partial charge on any atom is 0.356 e. The summed E-state index contributed by atoms with van der Waals surface area (Å²) in [7, 11) is 4.20. The second-order valence-electron chi connectivity index (χ2n) is 8.71. The second kappa shape index (κ2) is 12.7. The van der Waals surface area contributed by atoms with E-state index in [9.17, 15) is 14.4 Å². The zero-order valence-electron chi connectivity index (χ0n) is 22.0. The lowest BCUT2D eigenvalue weighted by atomic mass is 10.1. The topological polar surface area (TPSA) is 121 Å². The maximum absolute atomic E-state index is 13.0. The number of nitrogens with one attached hydrogen (secondary N) is 2. The third-order valence-electron chi connectivity index (χ3n) is 6.14. The first-order chi connectivity index (χ1) is 18.9. The Morgan fingerprint density at radius 1 is 0.897 bits per heavy atom. The molecule has 0 radical (unpaired) electrons. The molecule has 2 aromatic carbocycles. The molecule has 10 nitrogen and oxygen atoms in total. The number of hydrogen-bond donors (Lipinski definition) is 2. The molecule has 2 aromatic heterocycles. The molecule has 0 saturated heterocycles. The second-order valence-corrected chi connectivity index (χ2v) is 8.71. The van der Waals surface area contributed by atoms with Crippen molar-refractivity contribution < 1.29 is 28.6 Å². The van der Waals surface area contributed by atoms with Crippen molar-refractivity contribution in [1.29, 1.82) is 0 Å². The Bertz CT molecular complexity index is 1460. The van der Waals surface area contributed by atoms with Gasteiger partial charge in [0.1, 0.15) is 5.65 Å². The molecule has 0 unspecified atom stereocenters. The fraction of sp³-hybridized carbons (Fsp3) is 0.241. The van der Waals surface area contributed by atoms with Gasteiger partial charge in [-0.15, -0.1) is 0 Å². The summed E-state index contributed by atoms with van der Waals surface area (Å²) in [4.78, 5) is 42.2. The third-order valence-corrected chi connectivity index (χ3v) is 6.14. The van der Waals surface area contributed by atoms with Gasteiger partial charge in [0.05, 0.1) is 50.4 Å². The highest BCUT2D eigenvalue weighted by Gasteiger charge is 2.26. The molecule has 4 rings (SSSR count). The van der Waals surface area contributed by atoms with Crippen LogP contribution in [-0.2, 0) is 38.5 Å². The minimum absolute atomic E-state index is 0.138. The van der Waals surface area contributed by atoms with E-state index in [-0.39, 0.29) is 18.0 Å². The van der Waals surface area contributed by atoms with Gasteiger partial charge in [0.15, 0.2) is 5.69 Å². The third kappa shape index (κ3) is 6.42. The van der Waals surface area contributed by atoms with Gasteiger partial charge in [0, 0.05) is 25.6 Å². The number of amides is 1. The molecule has 0 aliphatic carbocycles. The first-order valence-corrected chi connectivity index (χ1v) is 12.3. The fourth-order valence-corrected chi connectivity index (χ4v) is 4.20. The Morgan fingerprint density at radius 2 is 1.62 bits per heavy atom. The van der Waals surface area contributed by atoms with Crippen LogP contribution in [0.3, 0.4) is 0 Å². The molecule has 39 heavy (non-hydrogen) atoms. The Kier molecular flexibility index (Phi) is 8.90. The summed E-state index contributed by atoms with van der Waals surface area (Å²) in [6, 6.07) is 18.2. The molecule has 0 bridgehead atoms. The van der Waals surface area contributed by atoms with Gasteiger partial charge in [-0.2, -0.15) is 0 Å². The molecule has 10 heteroatoms. The van der Waals surface area contributed by atoms with E-state index < -0.39 is 11.9 Å². The van der Waals surface area contributed by atoms with E-state index in [0.29, 0.717) is 47.7 Å². The first kappa shape index (κ1) is 27.3. The molecule has 0 atom stereocenters. The van der Waals surface area contributed by atoms with E-state index in [4.69, 9.17) is 14.2 Å². The van der Waals surface area contributed by atoms with Crippen LogP contribution in [0.15, 0.2) is 66.9 Å². The molecule has 0 aliphatic heterocycles. The summed E-state index contributed by atoms with van der Waals surface area (Å²) in [5.41, 5.74) is 3.95. The van der Waals surface area contributed by atoms with Gasteiger partial charge >= 0.3 is 11.9 Å². The van der Waals surface area contributed by atoms with Gasteiger partial charge in [-0.05, 0) is 29.3 Å². The van der Waals surface area contributed by atoms with E-state index in [1.165, 1.54) is 14.2 Å². The van der Waals surface area contributed by atoms with Gasteiger partial charge in [0.25, 0.3) is 0 Å². The van der Waals surface area contributed by atoms with E-state index in [1.54, 1.807) is 30.0 Å². The van der Waals surface area contributed by atoms with Crippen molar-refractivity contribution in [2.75, 3.05) is 38.6 Å². The van der Waals surface area contributed by atoms with Gasteiger partial charge in [-0.3, -0.25) is 4.79 Å². The summed E-state index contributed by atoms with van der Waals surface area (Å²) < 4.78 is 16.7. The normalized spacial score (nSPS) is 10.7. The standard InChI is InChI=1S/C29H30N4O6/c1-37-14-13-33-26(29(36)39-3)25(32-24(34)15-19-7-5-4-6-8-19)23-16-22(18-31-27(23)33)30-17-20-9-11-21(12-10-20)28(35)38-2/h4-12,16,18,30H,13-15,17H2,1-3H3,(H,32,34). The lowest BCUT2D eigenvalue weighted by molar-refractivity contribution is -0.115. The highest BCUT2D eigenvalue weighted by molar-refractivity contribution is 6.11. The average molecular weight is 531 g/mol. The van der Waals surface area contributed by atoms with Crippen LogP contribution in [0.25, 0.3) is 11.0 Å². The summed E-state index contributed by atoms with van der Waals surface area (Å²) in [5.74, 6) is -1.27. The van der Waals surface area contributed by atoms with E-state index in [2.05, 4.69) is 15.6 Å². The number of aromatic nitrogens is 2.